The molecule has 136 valence electrons. The number of aromatic carboxylic acids is 1. The Hall–Kier alpha value is -1.97. The quantitative estimate of drug-likeness (QED) is 0.751. The maximum absolute atomic E-state index is 11.8. The van der Waals surface area contributed by atoms with Crippen LogP contribution < -0.4 is 4.74 Å². The Bertz CT molecular complexity index is 730. The Kier molecular flexibility index (Phi) is 4.56. The fraction of sp³-hybridized carbons (Fsp3) is 0.571. The van der Waals surface area contributed by atoms with Crippen LogP contribution in [0.4, 0.5) is 0 Å². The highest BCUT2D eigenvalue weighted by molar-refractivity contribution is 5.94. The van der Waals surface area contributed by atoms with E-state index in [9.17, 15) is 15.0 Å². The molecule has 2 atom stereocenters. The predicted molar refractivity (Wildman–Crippen MR) is 97.6 cm³/mol. The van der Waals surface area contributed by atoms with E-state index in [1.165, 1.54) is 5.57 Å². The molecule has 4 heteroatoms. The number of ether oxygens (including phenoxy) is 1. The van der Waals surface area contributed by atoms with Gasteiger partial charge in [0.05, 0.1) is 0 Å². The fourth-order valence-corrected chi connectivity index (χ4v) is 4.41. The van der Waals surface area contributed by atoms with Crippen molar-refractivity contribution in [1.29, 1.82) is 0 Å². The molecule has 0 aromatic heterocycles. The third kappa shape index (κ3) is 3.03. The normalized spacial score (nSPS) is 23.9. The summed E-state index contributed by atoms with van der Waals surface area (Å²) in [6.07, 6.45) is 6.67. The van der Waals surface area contributed by atoms with E-state index < -0.39 is 5.97 Å². The zero-order valence-corrected chi connectivity index (χ0v) is 15.6. The maximum atomic E-state index is 11.8. The molecule has 2 aliphatic rings. The highest BCUT2D eigenvalue weighted by Crippen LogP contribution is 2.54. The number of aromatic hydroxyl groups is 1. The van der Waals surface area contributed by atoms with Gasteiger partial charge in [0.25, 0.3) is 0 Å². The van der Waals surface area contributed by atoms with Crippen molar-refractivity contribution < 1.29 is 19.7 Å². The van der Waals surface area contributed by atoms with E-state index in [4.69, 9.17) is 4.74 Å². The van der Waals surface area contributed by atoms with Gasteiger partial charge in [-0.3, -0.25) is 0 Å². The molecule has 1 aromatic rings. The summed E-state index contributed by atoms with van der Waals surface area (Å²) in [5.41, 5.74) is 2.31. The smallest absolute Gasteiger partial charge is 0.339 e. The zero-order valence-electron chi connectivity index (χ0n) is 15.6. The molecule has 1 unspecified atom stereocenters. The van der Waals surface area contributed by atoms with Gasteiger partial charge in [0.15, 0.2) is 0 Å². The van der Waals surface area contributed by atoms with Crippen molar-refractivity contribution in [1.82, 2.24) is 0 Å². The topological polar surface area (TPSA) is 66.8 Å². The summed E-state index contributed by atoms with van der Waals surface area (Å²) in [5, 5.41) is 20.6. The summed E-state index contributed by atoms with van der Waals surface area (Å²) >= 11 is 0. The summed E-state index contributed by atoms with van der Waals surface area (Å²) in [6, 6.07) is 1.85. The SMILES string of the molecule is CCCCc1cc2c(c(O)c1C(=O)O)C1C=C(C)CC[C@H]1C(C)(C)O2. The van der Waals surface area contributed by atoms with Gasteiger partial charge in [-0.15, -0.1) is 0 Å². The van der Waals surface area contributed by atoms with Gasteiger partial charge in [0.1, 0.15) is 22.7 Å². The van der Waals surface area contributed by atoms with Gasteiger partial charge in [-0.05, 0) is 58.1 Å². The van der Waals surface area contributed by atoms with Crippen LogP contribution in [-0.2, 0) is 6.42 Å². The number of hydrogen-bond donors (Lipinski definition) is 2. The van der Waals surface area contributed by atoms with Crippen molar-refractivity contribution in [2.45, 2.75) is 71.3 Å². The van der Waals surface area contributed by atoms with Gasteiger partial charge in [-0.1, -0.05) is 25.0 Å². The molecule has 25 heavy (non-hydrogen) atoms. The van der Waals surface area contributed by atoms with E-state index in [0.717, 1.165) is 25.7 Å². The largest absolute Gasteiger partial charge is 0.507 e. The number of allylic oxidation sites excluding steroid dienone is 2. The third-order valence-electron chi connectivity index (χ3n) is 5.74. The molecule has 0 fully saturated rings. The molecule has 1 aliphatic carbocycles. The molecule has 1 heterocycles. The maximum Gasteiger partial charge on any atom is 0.339 e. The predicted octanol–water partition coefficient (Wildman–Crippen LogP) is 5.04. The Morgan fingerprint density at radius 3 is 2.76 bits per heavy atom. The molecule has 0 saturated heterocycles. The van der Waals surface area contributed by atoms with Gasteiger partial charge in [0, 0.05) is 17.4 Å². The van der Waals surface area contributed by atoms with E-state index in [1.807, 2.05) is 6.07 Å². The summed E-state index contributed by atoms with van der Waals surface area (Å²) in [7, 11) is 0. The lowest BCUT2D eigenvalue weighted by atomic mass is 9.67. The summed E-state index contributed by atoms with van der Waals surface area (Å²) < 4.78 is 6.28. The van der Waals surface area contributed by atoms with Crippen molar-refractivity contribution in [3.05, 3.63) is 34.4 Å². The van der Waals surface area contributed by atoms with Crippen LogP contribution in [0.2, 0.25) is 0 Å². The number of unbranched alkanes of at least 4 members (excludes halogenated alkanes) is 1. The van der Waals surface area contributed by atoms with Crippen LogP contribution in [-0.4, -0.2) is 21.8 Å². The van der Waals surface area contributed by atoms with Gasteiger partial charge < -0.3 is 14.9 Å². The highest BCUT2D eigenvalue weighted by atomic mass is 16.5. The van der Waals surface area contributed by atoms with Crippen LogP contribution in [0.25, 0.3) is 0 Å². The summed E-state index contributed by atoms with van der Waals surface area (Å²) in [5.74, 6) is -0.286. The van der Waals surface area contributed by atoms with Crippen LogP contribution in [0.3, 0.4) is 0 Å². The minimum Gasteiger partial charge on any atom is -0.507 e. The van der Waals surface area contributed by atoms with Crippen LogP contribution >= 0.6 is 0 Å². The second-order valence-corrected chi connectivity index (χ2v) is 7.97. The molecular weight excluding hydrogens is 316 g/mol. The van der Waals surface area contributed by atoms with Crippen molar-refractivity contribution in [2.24, 2.45) is 5.92 Å². The molecule has 0 spiro atoms. The van der Waals surface area contributed by atoms with Gasteiger partial charge >= 0.3 is 5.97 Å². The van der Waals surface area contributed by atoms with Gasteiger partial charge in [-0.2, -0.15) is 0 Å². The Morgan fingerprint density at radius 2 is 2.12 bits per heavy atom. The Labute approximate surface area is 149 Å². The van der Waals surface area contributed by atoms with Crippen LogP contribution in [0, 0.1) is 5.92 Å². The fourth-order valence-electron chi connectivity index (χ4n) is 4.41. The average Bonchev–Trinajstić information content (AvgIpc) is 2.51. The standard InChI is InChI=1S/C21H28O4/c1-5-6-7-13-11-16-18(19(22)17(13)20(23)24)14-10-12(2)8-9-15(14)21(3,4)25-16/h10-11,14-15,22H,5-9H2,1-4H3,(H,23,24)/t14?,15-/m1/s1. The Morgan fingerprint density at radius 1 is 1.40 bits per heavy atom. The van der Waals surface area contributed by atoms with Crippen LogP contribution in [0.1, 0.15) is 80.8 Å². The summed E-state index contributed by atoms with van der Waals surface area (Å²) in [6.45, 7) is 8.35. The number of rotatable bonds is 4. The van der Waals surface area contributed by atoms with E-state index in [0.29, 0.717) is 23.3 Å². The first-order valence-corrected chi connectivity index (χ1v) is 9.24. The average molecular weight is 344 g/mol. The first kappa shape index (κ1) is 17.8. The lowest BCUT2D eigenvalue weighted by Crippen LogP contribution is -2.45. The number of carboxylic acids is 1. The second-order valence-electron chi connectivity index (χ2n) is 7.97. The number of carboxylic acid groups (broad SMARTS) is 1. The van der Waals surface area contributed by atoms with Crippen molar-refractivity contribution in [3.63, 3.8) is 0 Å². The number of hydrogen-bond acceptors (Lipinski definition) is 3. The second kappa shape index (κ2) is 6.40. The lowest BCUT2D eigenvalue weighted by Gasteiger charge is -2.46. The molecule has 2 N–H and O–H groups in total. The molecule has 1 aliphatic heterocycles. The molecule has 0 radical (unpaired) electrons. The number of benzene rings is 1. The van der Waals surface area contributed by atoms with E-state index in [1.54, 1.807) is 0 Å². The molecule has 0 amide bonds. The molecule has 1 aromatic carbocycles. The molecular formula is C21H28O4. The minimum atomic E-state index is -1.07. The minimum absolute atomic E-state index is 0.00539. The van der Waals surface area contributed by atoms with Gasteiger partial charge in [-0.25, -0.2) is 4.79 Å². The van der Waals surface area contributed by atoms with E-state index >= 15 is 0 Å². The van der Waals surface area contributed by atoms with Crippen molar-refractivity contribution in [3.8, 4) is 11.5 Å². The highest BCUT2D eigenvalue weighted by Gasteiger charge is 2.46. The van der Waals surface area contributed by atoms with Crippen molar-refractivity contribution >= 4 is 5.97 Å². The lowest BCUT2D eigenvalue weighted by molar-refractivity contribution is 0.0106. The number of carbonyl (C=O) groups is 1. The molecule has 0 bridgehead atoms. The van der Waals surface area contributed by atoms with Crippen LogP contribution in [0.15, 0.2) is 17.7 Å². The first-order valence-electron chi connectivity index (χ1n) is 9.24. The van der Waals surface area contributed by atoms with Gasteiger partial charge in [0.2, 0.25) is 0 Å². The third-order valence-corrected chi connectivity index (χ3v) is 5.74. The molecule has 3 rings (SSSR count). The van der Waals surface area contributed by atoms with E-state index in [2.05, 4.69) is 33.8 Å². The summed E-state index contributed by atoms with van der Waals surface area (Å²) in [4.78, 5) is 11.8. The number of aryl methyl sites for hydroxylation is 1. The molecule has 0 saturated carbocycles. The van der Waals surface area contributed by atoms with Crippen LogP contribution in [0.5, 0.6) is 11.5 Å². The van der Waals surface area contributed by atoms with Crippen molar-refractivity contribution in [2.75, 3.05) is 0 Å². The Balaban J connectivity index is 2.21. The number of phenols is 1. The van der Waals surface area contributed by atoms with E-state index in [-0.39, 0.29) is 28.7 Å². The first-order chi connectivity index (χ1) is 11.8. The zero-order chi connectivity index (χ0) is 18.4. The number of fused-ring (bicyclic) bond motifs is 3. The monoisotopic (exact) mass is 344 g/mol. The molecule has 4 nitrogen and oxygen atoms in total.